The van der Waals surface area contributed by atoms with Crippen molar-refractivity contribution < 1.29 is 14.3 Å². The summed E-state index contributed by atoms with van der Waals surface area (Å²) in [4.78, 5) is 15.9. The molecule has 0 aliphatic rings. The molecule has 0 aliphatic carbocycles. The summed E-state index contributed by atoms with van der Waals surface area (Å²) < 4.78 is 10.4. The largest absolute Gasteiger partial charge is 0.497 e. The van der Waals surface area contributed by atoms with Crippen molar-refractivity contribution in [2.45, 2.75) is 6.42 Å². The van der Waals surface area contributed by atoms with Crippen LogP contribution in [0.2, 0.25) is 5.02 Å². The lowest BCUT2D eigenvalue weighted by Crippen LogP contribution is -2.15. The van der Waals surface area contributed by atoms with Crippen molar-refractivity contribution in [3.05, 3.63) is 47.2 Å². The van der Waals surface area contributed by atoms with Gasteiger partial charge in [0.1, 0.15) is 11.5 Å². The quantitative estimate of drug-likeness (QED) is 0.922. The summed E-state index contributed by atoms with van der Waals surface area (Å²) in [6, 6.07) is 6.96. The number of carbonyl (C=O) groups is 1. The zero-order valence-electron chi connectivity index (χ0n) is 11.7. The second-order valence-electron chi connectivity index (χ2n) is 4.26. The van der Waals surface area contributed by atoms with Crippen LogP contribution in [0, 0.1) is 0 Å². The first-order chi connectivity index (χ1) is 10.1. The maximum Gasteiger partial charge on any atom is 0.228 e. The van der Waals surface area contributed by atoms with Crippen LogP contribution in [0.1, 0.15) is 5.56 Å². The van der Waals surface area contributed by atoms with Crippen LogP contribution in [0.4, 0.5) is 5.69 Å². The molecule has 0 saturated heterocycles. The van der Waals surface area contributed by atoms with Gasteiger partial charge in [-0.05, 0) is 12.1 Å². The van der Waals surface area contributed by atoms with E-state index >= 15 is 0 Å². The number of nitrogens with zero attached hydrogens (tertiary/aromatic N) is 1. The zero-order chi connectivity index (χ0) is 15.2. The van der Waals surface area contributed by atoms with E-state index in [1.165, 1.54) is 6.20 Å². The van der Waals surface area contributed by atoms with Gasteiger partial charge >= 0.3 is 0 Å². The molecule has 1 N–H and O–H groups in total. The topological polar surface area (TPSA) is 60.5 Å². The van der Waals surface area contributed by atoms with E-state index in [1.54, 1.807) is 44.7 Å². The van der Waals surface area contributed by atoms with Crippen LogP contribution >= 0.6 is 11.6 Å². The van der Waals surface area contributed by atoms with Crippen molar-refractivity contribution in [3.8, 4) is 11.5 Å². The number of hydrogen-bond donors (Lipinski definition) is 1. The van der Waals surface area contributed by atoms with Crippen LogP contribution in [-0.4, -0.2) is 25.1 Å². The molecule has 21 heavy (non-hydrogen) atoms. The Bertz CT molecular complexity index is 647. The van der Waals surface area contributed by atoms with Gasteiger partial charge in [0.2, 0.25) is 5.91 Å². The third kappa shape index (κ3) is 3.86. The second-order valence-corrected chi connectivity index (χ2v) is 4.67. The number of halogens is 1. The molecule has 1 amide bonds. The Morgan fingerprint density at radius 2 is 2.10 bits per heavy atom. The van der Waals surface area contributed by atoms with E-state index in [0.717, 1.165) is 5.56 Å². The number of methoxy groups -OCH3 is 2. The average molecular weight is 307 g/mol. The number of ether oxygens (including phenoxy) is 2. The van der Waals surface area contributed by atoms with Gasteiger partial charge in [-0.15, -0.1) is 0 Å². The predicted octanol–water partition coefficient (Wildman–Crippen LogP) is 2.93. The summed E-state index contributed by atoms with van der Waals surface area (Å²) in [5.41, 5.74) is 1.30. The standard InChI is InChI=1S/C15H15ClN2O3/c1-20-11-4-3-10(14(8-11)21-2)7-15(19)18-13-5-6-17-9-12(13)16/h3-6,8-9H,7H2,1-2H3,(H,17,18,19). The molecule has 1 heterocycles. The Labute approximate surface area is 127 Å². The molecule has 1 aromatic heterocycles. The highest BCUT2D eigenvalue weighted by Gasteiger charge is 2.11. The zero-order valence-corrected chi connectivity index (χ0v) is 12.5. The van der Waals surface area contributed by atoms with Crippen molar-refractivity contribution >= 4 is 23.2 Å². The molecule has 2 rings (SSSR count). The predicted molar refractivity (Wildman–Crippen MR) is 81.1 cm³/mol. The Kier molecular flexibility index (Phi) is 5.00. The van der Waals surface area contributed by atoms with Gasteiger partial charge in [0, 0.05) is 24.0 Å². The second kappa shape index (κ2) is 6.95. The van der Waals surface area contributed by atoms with Crippen molar-refractivity contribution in [2.75, 3.05) is 19.5 Å². The summed E-state index contributed by atoms with van der Waals surface area (Å²) in [6.45, 7) is 0. The van der Waals surface area contributed by atoms with Gasteiger partial charge in [0.15, 0.2) is 0 Å². The molecular weight excluding hydrogens is 292 g/mol. The van der Waals surface area contributed by atoms with Gasteiger partial charge in [-0.25, -0.2) is 0 Å². The van der Waals surface area contributed by atoms with Gasteiger partial charge < -0.3 is 14.8 Å². The third-order valence-electron chi connectivity index (χ3n) is 2.89. The Hall–Kier alpha value is -2.27. The first-order valence-electron chi connectivity index (χ1n) is 6.24. The van der Waals surface area contributed by atoms with Gasteiger partial charge in [0.05, 0.1) is 31.4 Å². The summed E-state index contributed by atoms with van der Waals surface area (Å²) >= 11 is 5.95. The lowest BCUT2D eigenvalue weighted by atomic mass is 10.1. The highest BCUT2D eigenvalue weighted by molar-refractivity contribution is 6.33. The minimum absolute atomic E-state index is 0.172. The Morgan fingerprint density at radius 3 is 2.76 bits per heavy atom. The fourth-order valence-corrected chi connectivity index (χ4v) is 2.01. The number of amides is 1. The van der Waals surface area contributed by atoms with Crippen molar-refractivity contribution in [3.63, 3.8) is 0 Å². The number of nitrogens with one attached hydrogen (secondary N) is 1. The molecular formula is C15H15ClN2O3. The van der Waals surface area contributed by atoms with Crippen molar-refractivity contribution in [1.29, 1.82) is 0 Å². The van der Waals surface area contributed by atoms with Crippen LogP contribution in [0.15, 0.2) is 36.7 Å². The minimum atomic E-state index is -0.188. The average Bonchev–Trinajstić information content (AvgIpc) is 2.50. The molecule has 0 atom stereocenters. The molecule has 2 aromatic rings. The van der Waals surface area contributed by atoms with Gasteiger partial charge in [0.25, 0.3) is 0 Å². The Balaban J connectivity index is 2.11. The molecule has 6 heteroatoms. The molecule has 0 radical (unpaired) electrons. The molecule has 0 bridgehead atoms. The summed E-state index contributed by atoms with van der Waals surface area (Å²) in [5, 5.41) is 3.14. The van der Waals surface area contributed by atoms with Gasteiger partial charge in [-0.3, -0.25) is 9.78 Å². The smallest absolute Gasteiger partial charge is 0.228 e. The number of pyridine rings is 1. The number of rotatable bonds is 5. The number of hydrogen-bond acceptors (Lipinski definition) is 4. The van der Waals surface area contributed by atoms with E-state index in [2.05, 4.69) is 10.3 Å². The lowest BCUT2D eigenvalue weighted by molar-refractivity contribution is -0.115. The highest BCUT2D eigenvalue weighted by Crippen LogP contribution is 2.25. The minimum Gasteiger partial charge on any atom is -0.497 e. The molecule has 0 fully saturated rings. The molecule has 0 saturated carbocycles. The monoisotopic (exact) mass is 306 g/mol. The maximum atomic E-state index is 12.1. The summed E-state index contributed by atoms with van der Waals surface area (Å²) in [5.74, 6) is 1.09. The number of benzene rings is 1. The molecule has 1 aromatic carbocycles. The van der Waals surface area contributed by atoms with E-state index in [9.17, 15) is 4.79 Å². The van der Waals surface area contributed by atoms with Crippen molar-refractivity contribution in [2.24, 2.45) is 0 Å². The van der Waals surface area contributed by atoms with E-state index < -0.39 is 0 Å². The third-order valence-corrected chi connectivity index (χ3v) is 3.19. The van der Waals surface area contributed by atoms with Crippen LogP contribution < -0.4 is 14.8 Å². The van der Waals surface area contributed by atoms with Crippen LogP contribution in [0.25, 0.3) is 0 Å². The molecule has 0 aliphatic heterocycles. The van der Waals surface area contributed by atoms with Crippen LogP contribution in [0.3, 0.4) is 0 Å². The van der Waals surface area contributed by atoms with E-state index in [0.29, 0.717) is 22.2 Å². The molecule has 5 nitrogen and oxygen atoms in total. The van der Waals surface area contributed by atoms with E-state index in [-0.39, 0.29) is 12.3 Å². The van der Waals surface area contributed by atoms with E-state index in [1.807, 2.05) is 0 Å². The SMILES string of the molecule is COc1ccc(CC(=O)Nc2ccncc2Cl)c(OC)c1. The normalized spacial score (nSPS) is 10.0. The highest BCUT2D eigenvalue weighted by atomic mass is 35.5. The number of carbonyl (C=O) groups excluding carboxylic acids is 1. The van der Waals surface area contributed by atoms with Crippen molar-refractivity contribution in [1.82, 2.24) is 4.98 Å². The van der Waals surface area contributed by atoms with Gasteiger partial charge in [-0.1, -0.05) is 17.7 Å². The fourth-order valence-electron chi connectivity index (χ4n) is 1.84. The summed E-state index contributed by atoms with van der Waals surface area (Å²) in [7, 11) is 3.13. The van der Waals surface area contributed by atoms with Crippen LogP contribution in [0.5, 0.6) is 11.5 Å². The molecule has 0 unspecified atom stereocenters. The first-order valence-corrected chi connectivity index (χ1v) is 6.62. The van der Waals surface area contributed by atoms with E-state index in [4.69, 9.17) is 21.1 Å². The van der Waals surface area contributed by atoms with Gasteiger partial charge in [-0.2, -0.15) is 0 Å². The molecule has 0 spiro atoms. The first kappa shape index (κ1) is 15.1. The maximum absolute atomic E-state index is 12.1. The number of anilines is 1. The lowest BCUT2D eigenvalue weighted by Gasteiger charge is -2.11. The summed E-state index contributed by atoms with van der Waals surface area (Å²) in [6.07, 6.45) is 3.21. The molecule has 110 valence electrons. The Morgan fingerprint density at radius 1 is 1.29 bits per heavy atom. The fraction of sp³-hybridized carbons (Fsp3) is 0.200. The number of aromatic nitrogens is 1. The van der Waals surface area contributed by atoms with Crippen LogP contribution in [-0.2, 0) is 11.2 Å².